The Labute approximate surface area is 413 Å². The van der Waals surface area contributed by atoms with Crippen molar-refractivity contribution in [2.75, 3.05) is 99.2 Å². The molecule has 1 atom stereocenters. The first-order valence-corrected chi connectivity index (χ1v) is 23.5. The SMILES string of the molecule is CC[C@@H]1CN(C(=O)c2cc3cc(OC)ccc3o2)c2cc(OC(=O)N(C)C(C)(C)C(=O)N(C)N=C(C)c3ccc(OCCOCCOCCOCCOCCC(C)=O)cc3)c3[nH]c(C)c(C(=O)OC)c3c21. The second-order valence-corrected chi connectivity index (χ2v) is 17.5. The third-order valence-corrected chi connectivity index (χ3v) is 12.3. The summed E-state index contributed by atoms with van der Waals surface area (Å²) in [6.45, 7) is 14.1. The molecule has 19 nitrogen and oxygen atoms in total. The van der Waals surface area contributed by atoms with E-state index in [1.54, 1.807) is 82.2 Å². The molecule has 0 aliphatic carbocycles. The maximum Gasteiger partial charge on any atom is 0.415 e. The van der Waals surface area contributed by atoms with Crippen LogP contribution in [0.25, 0.3) is 21.9 Å². The van der Waals surface area contributed by atoms with Gasteiger partial charge in [-0.25, -0.2) is 14.6 Å². The summed E-state index contributed by atoms with van der Waals surface area (Å²) in [6, 6.07) is 15.8. The van der Waals surface area contributed by atoms with Gasteiger partial charge in [-0.05, 0) is 101 Å². The average Bonchev–Trinajstić information content (AvgIpc) is 4.06. The number of aromatic nitrogens is 1. The third kappa shape index (κ3) is 12.8. The van der Waals surface area contributed by atoms with Gasteiger partial charge in [0.2, 0.25) is 0 Å². The number of ether oxygens (including phenoxy) is 8. The van der Waals surface area contributed by atoms with Gasteiger partial charge in [0, 0.05) is 55.5 Å². The molecule has 6 rings (SSSR count). The monoisotopic (exact) mass is 983 g/mol. The van der Waals surface area contributed by atoms with Crippen molar-refractivity contribution >= 4 is 62.9 Å². The van der Waals surface area contributed by atoms with E-state index in [4.69, 9.17) is 42.3 Å². The van der Waals surface area contributed by atoms with Gasteiger partial charge in [-0.2, -0.15) is 5.10 Å². The van der Waals surface area contributed by atoms with Crippen molar-refractivity contribution in [1.29, 1.82) is 0 Å². The van der Waals surface area contributed by atoms with Crippen molar-refractivity contribution in [2.24, 2.45) is 5.10 Å². The van der Waals surface area contributed by atoms with Crippen LogP contribution in [0.5, 0.6) is 17.2 Å². The summed E-state index contributed by atoms with van der Waals surface area (Å²) in [6.07, 6.45) is 0.152. The molecule has 0 saturated heterocycles. The van der Waals surface area contributed by atoms with Crippen molar-refractivity contribution in [2.45, 2.75) is 65.8 Å². The zero-order valence-electron chi connectivity index (χ0n) is 42.3. The Kier molecular flexibility index (Phi) is 18.4. The van der Waals surface area contributed by atoms with E-state index in [0.717, 1.165) is 11.1 Å². The van der Waals surface area contributed by atoms with Gasteiger partial charge in [0.05, 0.1) is 89.6 Å². The molecular weight excluding hydrogens is 919 g/mol. The molecule has 0 unspecified atom stereocenters. The van der Waals surface area contributed by atoms with Gasteiger partial charge in [0.25, 0.3) is 11.8 Å². The fourth-order valence-electron chi connectivity index (χ4n) is 8.12. The summed E-state index contributed by atoms with van der Waals surface area (Å²) in [5.41, 5.74) is 2.58. The van der Waals surface area contributed by atoms with E-state index in [0.29, 0.717) is 123 Å². The van der Waals surface area contributed by atoms with Crippen LogP contribution in [0.3, 0.4) is 0 Å². The van der Waals surface area contributed by atoms with Crippen LogP contribution in [0.1, 0.15) is 91.1 Å². The number of nitrogens with one attached hydrogen (secondary N) is 1. The number of fused-ring (bicyclic) bond motifs is 4. The van der Waals surface area contributed by atoms with E-state index in [2.05, 4.69) is 10.1 Å². The Balaban J connectivity index is 1.07. The molecule has 3 aromatic carbocycles. The standard InChI is InChI=1S/C52H65N5O14/c1-11-35-31-57(48(59)43-29-37-28-39(63-9)16-17-41(37)70-43)40-30-42(47-46(45(35)40)44(34(4)53-47)49(60)64-10)71-51(62)55(7)52(5,6)50(61)56(8)54-33(3)36-12-14-38(15-13-36)69-27-26-68-25-24-67-23-22-66-21-20-65-19-18-32(2)58/h12-17,28-30,35,53H,11,18-27,31H2,1-10H3/t35-/m1/s1. The van der Waals surface area contributed by atoms with Gasteiger partial charge in [-0.15, -0.1) is 0 Å². The highest BCUT2D eigenvalue weighted by Crippen LogP contribution is 2.49. The lowest BCUT2D eigenvalue weighted by atomic mass is 9.93. The van der Waals surface area contributed by atoms with Crippen LogP contribution in [0.15, 0.2) is 64.1 Å². The normalized spacial score (nSPS) is 13.6. The van der Waals surface area contributed by atoms with Crippen LogP contribution in [0.4, 0.5) is 10.5 Å². The summed E-state index contributed by atoms with van der Waals surface area (Å²) in [7, 11) is 5.80. The second kappa shape index (κ2) is 24.4. The Morgan fingerprint density at radius 2 is 1.45 bits per heavy atom. The van der Waals surface area contributed by atoms with Gasteiger partial charge >= 0.3 is 12.1 Å². The van der Waals surface area contributed by atoms with E-state index >= 15 is 0 Å². The topological polar surface area (TPSA) is 210 Å². The number of amides is 3. The highest BCUT2D eigenvalue weighted by Gasteiger charge is 2.41. The summed E-state index contributed by atoms with van der Waals surface area (Å²) >= 11 is 0. The maximum absolute atomic E-state index is 14.3. The maximum atomic E-state index is 14.3. The molecule has 0 radical (unpaired) electrons. The Hall–Kier alpha value is -6.80. The Morgan fingerprint density at radius 1 is 0.831 bits per heavy atom. The minimum atomic E-state index is -1.47. The van der Waals surface area contributed by atoms with Crippen molar-refractivity contribution in [3.05, 3.63) is 82.7 Å². The molecule has 19 heteroatoms. The molecule has 1 aliphatic rings. The first kappa shape index (κ1) is 53.5. The summed E-state index contributed by atoms with van der Waals surface area (Å²) < 4.78 is 50.4. The van der Waals surface area contributed by atoms with Crippen molar-refractivity contribution in [3.63, 3.8) is 0 Å². The molecule has 5 aromatic rings. The number of hydrogen-bond acceptors (Lipinski definition) is 15. The quantitative estimate of drug-likeness (QED) is 0.0257. The number of ketones is 1. The highest BCUT2D eigenvalue weighted by molar-refractivity contribution is 6.15. The van der Waals surface area contributed by atoms with Gasteiger partial charge in [-0.3, -0.25) is 19.3 Å². The minimum absolute atomic E-state index is 0.0356. The molecule has 2 aromatic heterocycles. The molecule has 3 heterocycles. The molecule has 0 saturated carbocycles. The molecule has 0 fully saturated rings. The first-order chi connectivity index (χ1) is 34.0. The lowest BCUT2D eigenvalue weighted by molar-refractivity contribution is -0.139. The van der Waals surface area contributed by atoms with Gasteiger partial charge in [0.1, 0.15) is 35.0 Å². The number of nitrogens with zero attached hydrogens (tertiary/aromatic N) is 4. The van der Waals surface area contributed by atoms with E-state index < -0.39 is 29.4 Å². The first-order valence-electron chi connectivity index (χ1n) is 23.5. The van der Waals surface area contributed by atoms with Crippen LogP contribution < -0.4 is 19.1 Å². The van der Waals surface area contributed by atoms with Crippen LogP contribution >= 0.6 is 0 Å². The predicted molar refractivity (Wildman–Crippen MR) is 265 cm³/mol. The smallest absolute Gasteiger partial charge is 0.415 e. The average molecular weight is 984 g/mol. The van der Waals surface area contributed by atoms with Crippen LogP contribution in [0.2, 0.25) is 0 Å². The number of likely N-dealkylation sites (N-methyl/N-ethyl adjacent to an activating group) is 2. The molecule has 382 valence electrons. The number of methoxy groups -OCH3 is 2. The number of aromatic amines is 1. The minimum Gasteiger partial charge on any atom is -0.497 e. The molecule has 1 aliphatic heterocycles. The van der Waals surface area contributed by atoms with Crippen LogP contribution in [-0.4, -0.2) is 150 Å². The van der Waals surface area contributed by atoms with E-state index in [1.807, 2.05) is 19.1 Å². The van der Waals surface area contributed by atoms with Crippen molar-refractivity contribution < 1.29 is 66.3 Å². The number of carbonyl (C=O) groups is 5. The second-order valence-electron chi connectivity index (χ2n) is 17.5. The number of esters is 1. The van der Waals surface area contributed by atoms with Gasteiger partial charge in [0.15, 0.2) is 11.5 Å². The number of Topliss-reactive ketones (excluding diaryl/α,β-unsaturated/α-hetero) is 1. The van der Waals surface area contributed by atoms with Crippen LogP contribution in [0, 0.1) is 6.92 Å². The molecule has 0 bridgehead atoms. The zero-order chi connectivity index (χ0) is 51.4. The molecule has 0 spiro atoms. The zero-order valence-corrected chi connectivity index (χ0v) is 42.3. The molecule has 1 N–H and O–H groups in total. The molecular formula is C52H65N5O14. The third-order valence-electron chi connectivity index (χ3n) is 12.3. The molecule has 3 amide bonds. The number of benzene rings is 3. The van der Waals surface area contributed by atoms with Gasteiger partial charge < -0.3 is 52.2 Å². The van der Waals surface area contributed by atoms with E-state index in [-0.39, 0.29) is 35.3 Å². The number of hydrazone groups is 1. The summed E-state index contributed by atoms with van der Waals surface area (Å²) in [5.74, 6) is -0.255. The van der Waals surface area contributed by atoms with Crippen LogP contribution in [-0.2, 0) is 33.3 Å². The Morgan fingerprint density at radius 3 is 2.06 bits per heavy atom. The number of aryl methyl sites for hydroxylation is 1. The number of furan rings is 1. The number of carbonyl (C=O) groups excluding carboxylic acids is 5. The van der Waals surface area contributed by atoms with E-state index in [1.165, 1.54) is 38.0 Å². The number of anilines is 1. The summed E-state index contributed by atoms with van der Waals surface area (Å²) in [4.78, 5) is 72.8. The van der Waals surface area contributed by atoms with Crippen molar-refractivity contribution in [3.8, 4) is 17.2 Å². The number of H-pyrrole nitrogens is 1. The predicted octanol–water partition coefficient (Wildman–Crippen LogP) is 7.69. The molecule has 71 heavy (non-hydrogen) atoms. The largest absolute Gasteiger partial charge is 0.497 e. The lowest BCUT2D eigenvalue weighted by Crippen LogP contribution is -2.55. The van der Waals surface area contributed by atoms with Crippen molar-refractivity contribution in [1.82, 2.24) is 14.9 Å². The fraction of sp³-hybridized carbons (Fsp3) is 0.462. The fourth-order valence-corrected chi connectivity index (χ4v) is 8.12. The number of rotatable bonds is 25. The lowest BCUT2D eigenvalue weighted by Gasteiger charge is -2.35. The van der Waals surface area contributed by atoms with Gasteiger partial charge in [-0.1, -0.05) is 6.92 Å². The summed E-state index contributed by atoms with van der Waals surface area (Å²) in [5, 5.41) is 6.88. The number of hydrogen-bond donors (Lipinski definition) is 1. The Bertz CT molecular complexity index is 2720. The highest BCUT2D eigenvalue weighted by atomic mass is 16.6. The van der Waals surface area contributed by atoms with E-state index in [9.17, 15) is 24.0 Å².